The molecule has 2 aromatic heterocycles. The van der Waals surface area contributed by atoms with E-state index in [1.54, 1.807) is 48.9 Å². The Labute approximate surface area is 183 Å². The van der Waals surface area contributed by atoms with Crippen molar-refractivity contribution in [2.45, 2.75) is 13.1 Å². The summed E-state index contributed by atoms with van der Waals surface area (Å²) in [7, 11) is 0. The van der Waals surface area contributed by atoms with Crippen LogP contribution in [-0.2, 0) is 13.1 Å². The molecule has 1 aliphatic heterocycles. The van der Waals surface area contributed by atoms with Crippen molar-refractivity contribution in [1.29, 1.82) is 0 Å². The van der Waals surface area contributed by atoms with Gasteiger partial charge in [-0.3, -0.25) is 9.69 Å². The maximum atomic E-state index is 12.9. The quantitative estimate of drug-likeness (QED) is 0.631. The van der Waals surface area contributed by atoms with Crippen molar-refractivity contribution >= 4 is 29.3 Å². The summed E-state index contributed by atoms with van der Waals surface area (Å²) in [5, 5.41) is 12.0. The third-order valence-corrected chi connectivity index (χ3v) is 5.82. The summed E-state index contributed by atoms with van der Waals surface area (Å²) in [5.41, 5.74) is 1.41. The molecule has 9 nitrogen and oxygen atoms in total. The molecule has 3 aromatic rings. The van der Waals surface area contributed by atoms with Gasteiger partial charge in [-0.25, -0.2) is 19.7 Å². The number of carbonyl (C=O) groups is 2. The SMILES string of the molecule is O=C(O)N(Cc1ccc(C(=O)N2CCN(c3ncccn3)CC2)cc1)Cc1nccs1. The number of piperazine rings is 1. The van der Waals surface area contributed by atoms with Crippen LogP contribution in [0.15, 0.2) is 54.3 Å². The molecular formula is C21H22N6O3S. The highest BCUT2D eigenvalue weighted by Gasteiger charge is 2.23. The van der Waals surface area contributed by atoms with Crippen LogP contribution >= 0.6 is 11.3 Å². The lowest BCUT2D eigenvalue weighted by molar-refractivity contribution is 0.0746. The van der Waals surface area contributed by atoms with Gasteiger partial charge in [0.25, 0.3) is 5.91 Å². The first-order chi connectivity index (χ1) is 15.1. The number of rotatable bonds is 6. The Balaban J connectivity index is 1.34. The third-order valence-electron chi connectivity index (χ3n) is 5.06. The van der Waals surface area contributed by atoms with E-state index in [1.165, 1.54) is 16.2 Å². The van der Waals surface area contributed by atoms with E-state index in [2.05, 4.69) is 19.9 Å². The summed E-state index contributed by atoms with van der Waals surface area (Å²) in [6, 6.07) is 8.90. The first kappa shape index (κ1) is 20.7. The zero-order valence-corrected chi connectivity index (χ0v) is 17.6. The molecule has 2 amide bonds. The Kier molecular flexibility index (Phi) is 6.37. The minimum atomic E-state index is -1.00. The monoisotopic (exact) mass is 438 g/mol. The lowest BCUT2D eigenvalue weighted by atomic mass is 10.1. The van der Waals surface area contributed by atoms with E-state index in [-0.39, 0.29) is 19.0 Å². The van der Waals surface area contributed by atoms with Gasteiger partial charge in [0.1, 0.15) is 5.01 Å². The van der Waals surface area contributed by atoms with E-state index in [9.17, 15) is 14.7 Å². The first-order valence-corrected chi connectivity index (χ1v) is 10.7. The van der Waals surface area contributed by atoms with Crippen molar-refractivity contribution in [2.75, 3.05) is 31.1 Å². The van der Waals surface area contributed by atoms with Gasteiger partial charge in [0, 0.05) is 62.3 Å². The van der Waals surface area contributed by atoms with E-state index >= 15 is 0 Å². The van der Waals surface area contributed by atoms with Gasteiger partial charge in [0.05, 0.1) is 6.54 Å². The second-order valence-corrected chi connectivity index (χ2v) is 8.07. The lowest BCUT2D eigenvalue weighted by Gasteiger charge is -2.34. The fourth-order valence-electron chi connectivity index (χ4n) is 3.41. The van der Waals surface area contributed by atoms with Crippen LogP contribution in [-0.4, -0.2) is 68.0 Å². The molecule has 0 atom stereocenters. The Hall–Kier alpha value is -3.53. The number of hydrogen-bond acceptors (Lipinski definition) is 7. The van der Waals surface area contributed by atoms with Crippen LogP contribution in [0.5, 0.6) is 0 Å². The van der Waals surface area contributed by atoms with Crippen molar-refractivity contribution in [3.63, 3.8) is 0 Å². The topological polar surface area (TPSA) is 103 Å². The van der Waals surface area contributed by atoms with Crippen molar-refractivity contribution in [3.05, 3.63) is 70.4 Å². The third kappa shape index (κ3) is 5.15. The smallest absolute Gasteiger partial charge is 0.407 e. The van der Waals surface area contributed by atoms with Crippen molar-refractivity contribution in [2.24, 2.45) is 0 Å². The van der Waals surface area contributed by atoms with Crippen molar-refractivity contribution < 1.29 is 14.7 Å². The fourth-order valence-corrected chi connectivity index (χ4v) is 4.04. The van der Waals surface area contributed by atoms with Gasteiger partial charge in [-0.05, 0) is 23.8 Å². The van der Waals surface area contributed by atoms with Gasteiger partial charge in [0.2, 0.25) is 5.95 Å². The number of benzene rings is 1. The summed E-state index contributed by atoms with van der Waals surface area (Å²) >= 11 is 1.42. The zero-order chi connectivity index (χ0) is 21.6. The van der Waals surface area contributed by atoms with Gasteiger partial charge in [-0.2, -0.15) is 0 Å². The highest BCUT2D eigenvalue weighted by molar-refractivity contribution is 7.09. The van der Waals surface area contributed by atoms with E-state index in [0.717, 1.165) is 10.6 Å². The molecule has 0 radical (unpaired) electrons. The summed E-state index contributed by atoms with van der Waals surface area (Å²) in [5.74, 6) is 0.651. The normalized spacial score (nSPS) is 13.8. The number of carboxylic acid groups (broad SMARTS) is 1. The van der Waals surface area contributed by atoms with Crippen molar-refractivity contribution in [3.8, 4) is 0 Å². The van der Waals surface area contributed by atoms with E-state index in [4.69, 9.17) is 0 Å². The molecule has 1 fully saturated rings. The molecule has 1 N–H and O–H groups in total. The molecule has 1 aliphatic rings. The van der Waals surface area contributed by atoms with Crippen LogP contribution in [0.4, 0.5) is 10.7 Å². The molecule has 160 valence electrons. The Bertz CT molecular complexity index is 1010. The van der Waals surface area contributed by atoms with Crippen LogP contribution in [0.3, 0.4) is 0 Å². The van der Waals surface area contributed by atoms with Crippen molar-refractivity contribution in [1.82, 2.24) is 24.8 Å². The number of amides is 2. The highest BCUT2D eigenvalue weighted by atomic mass is 32.1. The number of anilines is 1. The average Bonchev–Trinajstić information content (AvgIpc) is 3.32. The van der Waals surface area contributed by atoms with Gasteiger partial charge in [-0.1, -0.05) is 12.1 Å². The zero-order valence-electron chi connectivity index (χ0n) is 16.8. The van der Waals surface area contributed by atoms with Crippen LogP contribution in [0.1, 0.15) is 20.9 Å². The first-order valence-electron chi connectivity index (χ1n) is 9.86. The van der Waals surface area contributed by atoms with E-state index in [1.807, 2.05) is 10.3 Å². The molecule has 1 saturated heterocycles. The second-order valence-electron chi connectivity index (χ2n) is 7.09. The maximum absolute atomic E-state index is 12.9. The molecule has 3 heterocycles. The predicted molar refractivity (Wildman–Crippen MR) is 116 cm³/mol. The minimum absolute atomic E-state index is 0.0296. The molecule has 10 heteroatoms. The minimum Gasteiger partial charge on any atom is -0.465 e. The summed E-state index contributed by atoms with van der Waals surface area (Å²) in [6.45, 7) is 3.03. The molecule has 1 aromatic carbocycles. The Morgan fingerprint density at radius 3 is 2.29 bits per heavy atom. The number of thiazole rings is 1. The molecule has 0 saturated carbocycles. The maximum Gasteiger partial charge on any atom is 0.407 e. The highest BCUT2D eigenvalue weighted by Crippen LogP contribution is 2.16. The number of aromatic nitrogens is 3. The van der Waals surface area contributed by atoms with Crippen LogP contribution < -0.4 is 4.90 Å². The standard InChI is InChI=1S/C21H22N6O3S/c28-19(25-9-11-26(12-10-25)20-23-6-1-7-24-20)17-4-2-16(3-5-17)14-27(21(29)30)15-18-22-8-13-31-18/h1-8,13H,9-12,14-15H2,(H,29,30). The molecular weight excluding hydrogens is 416 g/mol. The Morgan fingerprint density at radius 1 is 0.968 bits per heavy atom. The lowest BCUT2D eigenvalue weighted by Crippen LogP contribution is -2.49. The summed E-state index contributed by atoms with van der Waals surface area (Å²) < 4.78 is 0. The molecule has 0 spiro atoms. The van der Waals surface area contributed by atoms with Gasteiger partial charge >= 0.3 is 6.09 Å². The summed E-state index contributed by atoms with van der Waals surface area (Å²) in [6.07, 6.45) is 4.08. The van der Waals surface area contributed by atoms with Crippen LogP contribution in [0, 0.1) is 0 Å². The van der Waals surface area contributed by atoms with Crippen LogP contribution in [0.2, 0.25) is 0 Å². The Morgan fingerprint density at radius 2 is 1.68 bits per heavy atom. The summed E-state index contributed by atoms with van der Waals surface area (Å²) in [4.78, 5) is 42.3. The number of hydrogen-bond donors (Lipinski definition) is 1. The second kappa shape index (κ2) is 9.52. The fraction of sp³-hybridized carbons (Fsp3) is 0.286. The number of nitrogens with zero attached hydrogens (tertiary/aromatic N) is 6. The molecule has 0 unspecified atom stereocenters. The van der Waals surface area contributed by atoms with Gasteiger partial charge < -0.3 is 14.9 Å². The van der Waals surface area contributed by atoms with Gasteiger partial charge in [-0.15, -0.1) is 11.3 Å². The molecule has 0 bridgehead atoms. The predicted octanol–water partition coefficient (Wildman–Crippen LogP) is 2.58. The van der Waals surface area contributed by atoms with Crippen LogP contribution in [0.25, 0.3) is 0 Å². The molecule has 31 heavy (non-hydrogen) atoms. The largest absolute Gasteiger partial charge is 0.465 e. The van der Waals surface area contributed by atoms with E-state index < -0.39 is 6.09 Å². The van der Waals surface area contributed by atoms with Gasteiger partial charge in [0.15, 0.2) is 0 Å². The number of carbonyl (C=O) groups excluding carboxylic acids is 1. The average molecular weight is 439 g/mol. The molecule has 0 aliphatic carbocycles. The van der Waals surface area contributed by atoms with E-state index in [0.29, 0.717) is 37.7 Å². The molecule has 4 rings (SSSR count).